The van der Waals surface area contributed by atoms with E-state index in [1.54, 1.807) is 33.8 Å². The normalized spacial score (nSPS) is 47.2. The number of aliphatic hydroxyl groups excluding tert-OH is 1. The van der Waals surface area contributed by atoms with Crippen LogP contribution in [0.4, 0.5) is 8.78 Å². The van der Waals surface area contributed by atoms with E-state index in [4.69, 9.17) is 4.74 Å². The zero-order valence-electron chi connectivity index (χ0n) is 19.1. The number of alkyl halides is 2. The van der Waals surface area contributed by atoms with E-state index in [-0.39, 0.29) is 18.6 Å². The third-order valence-electron chi connectivity index (χ3n) is 9.28. The molecule has 0 aromatic heterocycles. The number of allylic oxidation sites excluding steroid dienone is 4. The summed E-state index contributed by atoms with van der Waals surface area (Å²) >= 11 is 0. The molecular weight excluding hydrogens is 418 g/mol. The standard InChI is InChI=1S/C25H32F2O5/c1-5-21(31)32-25(20(30)13-26)14(2)10-18-17-7-6-15-11-16(28)8-9-22(15,3)24(17,27)19(29)12-23(18,25)4/h8-9,11,14,17-19,29H,5-7,10,12-13H2,1-4H3/t14?,17-,18-,19?,22-,23-,24-,25-/m0/s1. The number of carbonyl (C=O) groups is 3. The van der Waals surface area contributed by atoms with Gasteiger partial charge in [0.2, 0.25) is 5.78 Å². The van der Waals surface area contributed by atoms with E-state index in [1.807, 2.05) is 0 Å². The molecule has 0 aromatic carbocycles. The van der Waals surface area contributed by atoms with Gasteiger partial charge in [0.15, 0.2) is 23.7 Å². The Hall–Kier alpha value is -1.89. The molecule has 8 atom stereocenters. The van der Waals surface area contributed by atoms with Gasteiger partial charge in [-0.2, -0.15) is 0 Å². The van der Waals surface area contributed by atoms with Gasteiger partial charge in [-0.25, -0.2) is 8.78 Å². The van der Waals surface area contributed by atoms with Crippen LogP contribution in [-0.2, 0) is 19.1 Å². The molecule has 0 radical (unpaired) electrons. The lowest BCUT2D eigenvalue weighted by Gasteiger charge is -2.62. The minimum absolute atomic E-state index is 0.0266. The predicted octanol–water partition coefficient (Wildman–Crippen LogP) is 3.83. The molecule has 1 N–H and O–H groups in total. The minimum Gasteiger partial charge on any atom is -0.450 e. The Labute approximate surface area is 187 Å². The predicted molar refractivity (Wildman–Crippen MR) is 113 cm³/mol. The van der Waals surface area contributed by atoms with Gasteiger partial charge in [0.1, 0.15) is 0 Å². The number of halogens is 2. The average Bonchev–Trinajstić information content (AvgIpc) is 2.96. The highest BCUT2D eigenvalue weighted by Gasteiger charge is 2.77. The van der Waals surface area contributed by atoms with Gasteiger partial charge in [-0.3, -0.25) is 14.4 Å². The largest absolute Gasteiger partial charge is 0.450 e. The van der Waals surface area contributed by atoms with E-state index in [9.17, 15) is 23.9 Å². The van der Waals surface area contributed by atoms with Crippen molar-refractivity contribution in [2.75, 3.05) is 6.67 Å². The van der Waals surface area contributed by atoms with E-state index in [0.29, 0.717) is 24.8 Å². The van der Waals surface area contributed by atoms with Crippen molar-refractivity contribution in [3.8, 4) is 0 Å². The highest BCUT2D eigenvalue weighted by atomic mass is 19.1. The summed E-state index contributed by atoms with van der Waals surface area (Å²) in [5.41, 5.74) is -5.38. The maximum atomic E-state index is 17.1. The summed E-state index contributed by atoms with van der Waals surface area (Å²) in [6.45, 7) is 5.52. The number of hydrogen-bond donors (Lipinski definition) is 1. The second-order valence-electron chi connectivity index (χ2n) is 10.5. The second kappa shape index (κ2) is 7.31. The summed E-state index contributed by atoms with van der Waals surface area (Å²) in [5, 5.41) is 11.3. The Morgan fingerprint density at radius 1 is 1.28 bits per heavy atom. The molecule has 0 amide bonds. The molecule has 2 unspecified atom stereocenters. The van der Waals surface area contributed by atoms with Gasteiger partial charge in [-0.1, -0.05) is 32.4 Å². The molecule has 7 heteroatoms. The summed E-state index contributed by atoms with van der Waals surface area (Å²) < 4.78 is 36.7. The van der Waals surface area contributed by atoms with Crippen LogP contribution in [0.5, 0.6) is 0 Å². The molecule has 0 aromatic rings. The number of aliphatic hydroxyl groups is 1. The van der Waals surface area contributed by atoms with Gasteiger partial charge >= 0.3 is 5.97 Å². The van der Waals surface area contributed by atoms with Crippen molar-refractivity contribution < 1.29 is 33.0 Å². The lowest BCUT2D eigenvalue weighted by Crippen LogP contribution is -2.70. The molecule has 0 bridgehead atoms. The molecule has 0 aliphatic heterocycles. The first kappa shape index (κ1) is 23.3. The number of carbonyl (C=O) groups excluding carboxylic acids is 3. The zero-order chi connectivity index (χ0) is 23.7. The van der Waals surface area contributed by atoms with Crippen LogP contribution >= 0.6 is 0 Å². The Morgan fingerprint density at radius 3 is 2.59 bits per heavy atom. The fourth-order valence-electron chi connectivity index (χ4n) is 7.75. The van der Waals surface area contributed by atoms with E-state index < -0.39 is 64.4 Å². The highest BCUT2D eigenvalue weighted by molar-refractivity contribution is 6.01. The van der Waals surface area contributed by atoms with Crippen molar-refractivity contribution in [3.63, 3.8) is 0 Å². The van der Waals surface area contributed by atoms with E-state index in [1.165, 1.54) is 12.2 Å². The van der Waals surface area contributed by atoms with Gasteiger partial charge in [0, 0.05) is 29.1 Å². The monoisotopic (exact) mass is 450 g/mol. The fourth-order valence-corrected chi connectivity index (χ4v) is 7.75. The molecule has 4 aliphatic rings. The third kappa shape index (κ3) is 2.60. The quantitative estimate of drug-likeness (QED) is 0.659. The number of esters is 1. The van der Waals surface area contributed by atoms with Crippen molar-refractivity contribution in [2.24, 2.45) is 28.6 Å². The van der Waals surface area contributed by atoms with Gasteiger partial charge in [0.05, 0.1) is 6.10 Å². The third-order valence-corrected chi connectivity index (χ3v) is 9.28. The molecule has 176 valence electrons. The number of ether oxygens (including phenoxy) is 1. The number of ketones is 2. The lowest BCUT2D eigenvalue weighted by atomic mass is 9.44. The first-order chi connectivity index (χ1) is 14.9. The van der Waals surface area contributed by atoms with Crippen molar-refractivity contribution in [3.05, 3.63) is 23.8 Å². The van der Waals surface area contributed by atoms with Crippen molar-refractivity contribution in [2.45, 2.75) is 77.2 Å². The van der Waals surface area contributed by atoms with Crippen LogP contribution in [0.25, 0.3) is 0 Å². The van der Waals surface area contributed by atoms with Crippen LogP contribution in [0.3, 0.4) is 0 Å². The number of fused-ring (bicyclic) bond motifs is 5. The van der Waals surface area contributed by atoms with E-state index >= 15 is 4.39 Å². The van der Waals surface area contributed by atoms with Gasteiger partial charge in [0.25, 0.3) is 0 Å². The molecule has 3 saturated carbocycles. The first-order valence-corrected chi connectivity index (χ1v) is 11.5. The van der Waals surface area contributed by atoms with E-state index in [0.717, 1.165) is 0 Å². The Balaban J connectivity index is 1.85. The van der Waals surface area contributed by atoms with Crippen LogP contribution in [-0.4, -0.2) is 46.7 Å². The molecule has 0 spiro atoms. The molecule has 3 fully saturated rings. The van der Waals surface area contributed by atoms with Crippen LogP contribution in [0.1, 0.15) is 59.8 Å². The number of rotatable bonds is 4. The average molecular weight is 451 g/mol. The molecule has 4 rings (SSSR count). The maximum absolute atomic E-state index is 17.1. The van der Waals surface area contributed by atoms with Gasteiger partial charge < -0.3 is 9.84 Å². The van der Waals surface area contributed by atoms with Crippen LogP contribution in [0, 0.1) is 28.6 Å². The molecule has 0 heterocycles. The molecular formula is C25H32F2O5. The Kier molecular flexibility index (Phi) is 5.31. The summed E-state index contributed by atoms with van der Waals surface area (Å²) in [4.78, 5) is 37.4. The van der Waals surface area contributed by atoms with Crippen LogP contribution < -0.4 is 0 Å². The molecule has 32 heavy (non-hydrogen) atoms. The van der Waals surface area contributed by atoms with Crippen LogP contribution in [0.2, 0.25) is 0 Å². The van der Waals surface area contributed by atoms with Crippen molar-refractivity contribution in [1.82, 2.24) is 0 Å². The molecule has 4 aliphatic carbocycles. The fraction of sp³-hybridized carbons (Fsp3) is 0.720. The van der Waals surface area contributed by atoms with Gasteiger partial charge in [-0.15, -0.1) is 0 Å². The van der Waals surface area contributed by atoms with Crippen LogP contribution in [0.15, 0.2) is 23.8 Å². The summed E-state index contributed by atoms with van der Waals surface area (Å²) in [6, 6.07) is 0. The topological polar surface area (TPSA) is 80.7 Å². The summed E-state index contributed by atoms with van der Waals surface area (Å²) in [7, 11) is 0. The Morgan fingerprint density at radius 2 is 1.97 bits per heavy atom. The minimum atomic E-state index is -2.05. The Bertz CT molecular complexity index is 927. The van der Waals surface area contributed by atoms with E-state index in [2.05, 4.69) is 0 Å². The summed E-state index contributed by atoms with van der Waals surface area (Å²) in [5.74, 6) is -3.16. The number of Topliss-reactive ketones (excluding diaryl/α,β-unsaturated/α-hetero) is 1. The lowest BCUT2D eigenvalue weighted by molar-refractivity contribution is -0.227. The van der Waals surface area contributed by atoms with Crippen molar-refractivity contribution >= 4 is 17.5 Å². The SMILES string of the molecule is CCC(=O)O[C@]1(C(=O)CF)C(C)C[C@H]2[C@@H]3CCC4=CC(=O)C=C[C@]4(C)[C@@]3(F)C(O)C[C@@]21C. The highest BCUT2D eigenvalue weighted by Crippen LogP contribution is 2.71. The number of hydrogen-bond acceptors (Lipinski definition) is 5. The van der Waals surface area contributed by atoms with Crippen molar-refractivity contribution in [1.29, 1.82) is 0 Å². The smallest absolute Gasteiger partial charge is 0.306 e. The summed E-state index contributed by atoms with van der Waals surface area (Å²) in [6.07, 6.45) is 4.08. The maximum Gasteiger partial charge on any atom is 0.306 e. The van der Waals surface area contributed by atoms with Gasteiger partial charge in [-0.05, 0) is 50.7 Å². The molecule has 5 nitrogen and oxygen atoms in total. The second-order valence-corrected chi connectivity index (χ2v) is 10.5. The molecule has 0 saturated heterocycles. The first-order valence-electron chi connectivity index (χ1n) is 11.5. The zero-order valence-corrected chi connectivity index (χ0v) is 19.1.